The van der Waals surface area contributed by atoms with Crippen molar-refractivity contribution >= 4 is 34.0 Å². The van der Waals surface area contributed by atoms with Crippen molar-refractivity contribution in [1.82, 2.24) is 20.2 Å². The molecule has 29 heavy (non-hydrogen) atoms. The van der Waals surface area contributed by atoms with Gasteiger partial charge in [0.15, 0.2) is 0 Å². The summed E-state index contributed by atoms with van der Waals surface area (Å²) in [7, 11) is 3.00. The molecule has 0 aliphatic heterocycles. The van der Waals surface area contributed by atoms with Crippen LogP contribution in [-0.2, 0) is 0 Å². The Morgan fingerprint density at radius 3 is 2.66 bits per heavy atom. The Morgan fingerprint density at radius 2 is 1.97 bits per heavy atom. The normalized spacial score (nSPS) is 13.1. The van der Waals surface area contributed by atoms with Gasteiger partial charge in [-0.2, -0.15) is 0 Å². The molecule has 1 N–H and O–H groups in total. The molecular weight excluding hydrogens is 418 g/mol. The molecule has 3 heterocycles. The Morgan fingerprint density at radius 1 is 1.14 bits per heavy atom. The van der Waals surface area contributed by atoms with Gasteiger partial charge in [-0.25, -0.2) is 9.97 Å². The van der Waals surface area contributed by atoms with Gasteiger partial charge in [-0.1, -0.05) is 16.7 Å². The molecule has 0 aromatic carbocycles. The van der Waals surface area contributed by atoms with Gasteiger partial charge in [0.05, 0.1) is 26.0 Å². The van der Waals surface area contributed by atoms with Crippen LogP contribution in [0.5, 0.6) is 16.8 Å². The average molecular weight is 434 g/mol. The van der Waals surface area contributed by atoms with Crippen LogP contribution in [0.4, 0.5) is 5.13 Å². The molecule has 0 radical (unpaired) electrons. The molecule has 150 valence electrons. The van der Waals surface area contributed by atoms with Crippen LogP contribution in [0.2, 0.25) is 5.15 Å². The average Bonchev–Trinajstić information content (AvgIpc) is 3.43. The molecule has 1 amide bonds. The lowest BCUT2D eigenvalue weighted by atomic mass is 10.0. The van der Waals surface area contributed by atoms with Crippen molar-refractivity contribution in [2.24, 2.45) is 0 Å². The van der Waals surface area contributed by atoms with Crippen LogP contribution < -0.4 is 19.5 Å². The predicted molar refractivity (Wildman–Crippen MR) is 107 cm³/mol. The highest BCUT2D eigenvalue weighted by molar-refractivity contribution is 7.17. The van der Waals surface area contributed by atoms with Gasteiger partial charge in [-0.05, 0) is 30.2 Å². The molecule has 11 heteroatoms. The molecule has 1 aliphatic rings. The van der Waals surface area contributed by atoms with E-state index in [-0.39, 0.29) is 11.3 Å². The Kier molecular flexibility index (Phi) is 5.45. The van der Waals surface area contributed by atoms with E-state index in [1.165, 1.54) is 26.6 Å². The highest BCUT2D eigenvalue weighted by Crippen LogP contribution is 2.36. The summed E-state index contributed by atoms with van der Waals surface area (Å²) in [5, 5.41) is 11.3. The number of nitrogens with zero attached hydrogens (tertiary/aromatic N) is 4. The van der Waals surface area contributed by atoms with Crippen molar-refractivity contribution in [3.05, 3.63) is 35.2 Å². The van der Waals surface area contributed by atoms with Gasteiger partial charge in [0.1, 0.15) is 17.0 Å². The van der Waals surface area contributed by atoms with E-state index in [4.69, 9.17) is 25.8 Å². The van der Waals surface area contributed by atoms with E-state index in [0.717, 1.165) is 24.2 Å². The molecule has 0 unspecified atom stereocenters. The second kappa shape index (κ2) is 8.18. The van der Waals surface area contributed by atoms with E-state index >= 15 is 0 Å². The van der Waals surface area contributed by atoms with E-state index < -0.39 is 5.91 Å². The third-order valence-electron chi connectivity index (χ3n) is 4.08. The Labute approximate surface area is 175 Å². The summed E-state index contributed by atoms with van der Waals surface area (Å²) >= 11 is 7.20. The SMILES string of the molecule is COc1nnc(NC(=O)c2cnc(OC3CC3)cc2-c2cc(Cl)ncc2OC)s1. The molecule has 0 saturated heterocycles. The van der Waals surface area contributed by atoms with Crippen molar-refractivity contribution in [2.45, 2.75) is 18.9 Å². The number of ether oxygens (including phenoxy) is 3. The number of anilines is 1. The number of hydrogen-bond acceptors (Lipinski definition) is 9. The molecule has 1 aliphatic carbocycles. The van der Waals surface area contributed by atoms with Crippen molar-refractivity contribution in [3.63, 3.8) is 0 Å². The summed E-state index contributed by atoms with van der Waals surface area (Å²) < 4.78 is 16.2. The minimum atomic E-state index is -0.417. The van der Waals surface area contributed by atoms with Crippen LogP contribution in [0.15, 0.2) is 24.5 Å². The van der Waals surface area contributed by atoms with Crippen LogP contribution in [0.3, 0.4) is 0 Å². The fraction of sp³-hybridized carbons (Fsp3) is 0.278. The summed E-state index contributed by atoms with van der Waals surface area (Å²) in [5.74, 6) is 0.468. The first-order chi connectivity index (χ1) is 14.1. The van der Waals surface area contributed by atoms with E-state index in [0.29, 0.717) is 38.6 Å². The number of carbonyl (C=O) groups excluding carboxylic acids is 1. The first-order valence-electron chi connectivity index (χ1n) is 8.63. The number of hydrogen-bond donors (Lipinski definition) is 1. The second-order valence-electron chi connectivity index (χ2n) is 6.12. The zero-order valence-electron chi connectivity index (χ0n) is 15.5. The third kappa shape index (κ3) is 4.38. The van der Waals surface area contributed by atoms with Crippen molar-refractivity contribution < 1.29 is 19.0 Å². The van der Waals surface area contributed by atoms with Gasteiger partial charge in [-0.15, -0.1) is 5.10 Å². The highest BCUT2D eigenvalue weighted by Gasteiger charge is 2.26. The Bertz CT molecular complexity index is 1060. The molecule has 9 nitrogen and oxygen atoms in total. The quantitative estimate of drug-likeness (QED) is 0.564. The fourth-order valence-corrected chi connectivity index (χ4v) is 3.27. The van der Waals surface area contributed by atoms with Gasteiger partial charge in [0, 0.05) is 23.4 Å². The number of pyridine rings is 2. The number of halogens is 1. The van der Waals surface area contributed by atoms with Crippen molar-refractivity contribution in [3.8, 4) is 28.0 Å². The van der Waals surface area contributed by atoms with Crippen molar-refractivity contribution in [1.29, 1.82) is 0 Å². The first-order valence-corrected chi connectivity index (χ1v) is 9.82. The summed E-state index contributed by atoms with van der Waals surface area (Å²) in [6.45, 7) is 0. The van der Waals surface area contributed by atoms with Gasteiger partial charge < -0.3 is 14.2 Å². The standard InChI is InChI=1S/C18H16ClN5O4S/c1-26-13-8-20-14(19)5-11(13)10-6-15(28-9-3-4-9)21-7-12(10)16(25)22-17-23-24-18(27-2)29-17/h5-9H,3-4H2,1-2H3,(H,22,23,25). The maximum Gasteiger partial charge on any atom is 0.295 e. The van der Waals surface area contributed by atoms with E-state index in [9.17, 15) is 4.79 Å². The van der Waals surface area contributed by atoms with Gasteiger partial charge in [0.2, 0.25) is 11.0 Å². The van der Waals surface area contributed by atoms with Crippen LogP contribution in [0, 0.1) is 0 Å². The molecule has 0 spiro atoms. The first kappa shape index (κ1) is 19.3. The maximum atomic E-state index is 13.0. The van der Waals surface area contributed by atoms with Gasteiger partial charge in [-0.3, -0.25) is 10.1 Å². The molecule has 4 rings (SSSR count). The van der Waals surface area contributed by atoms with Crippen LogP contribution in [0.25, 0.3) is 11.1 Å². The third-order valence-corrected chi connectivity index (χ3v) is 5.09. The molecule has 1 fully saturated rings. The summed E-state index contributed by atoms with van der Waals surface area (Å²) in [4.78, 5) is 21.3. The van der Waals surface area contributed by atoms with Gasteiger partial charge in [0.25, 0.3) is 11.1 Å². The number of aromatic nitrogens is 4. The zero-order valence-corrected chi connectivity index (χ0v) is 17.1. The largest absolute Gasteiger partial charge is 0.494 e. The lowest BCUT2D eigenvalue weighted by Crippen LogP contribution is -2.14. The van der Waals surface area contributed by atoms with Crippen LogP contribution in [-0.4, -0.2) is 46.4 Å². The molecule has 3 aromatic heterocycles. The predicted octanol–water partition coefficient (Wildman–Crippen LogP) is 3.46. The lowest BCUT2D eigenvalue weighted by Gasteiger charge is -2.14. The number of rotatable bonds is 7. The second-order valence-corrected chi connectivity index (χ2v) is 7.45. The number of methoxy groups -OCH3 is 2. The summed E-state index contributed by atoms with van der Waals surface area (Å²) in [6.07, 6.45) is 5.09. The van der Waals surface area contributed by atoms with E-state index in [2.05, 4.69) is 25.5 Å². The molecule has 3 aromatic rings. The minimum Gasteiger partial charge on any atom is -0.494 e. The molecular formula is C18H16ClN5O4S. The highest BCUT2D eigenvalue weighted by atomic mass is 35.5. The van der Waals surface area contributed by atoms with Crippen molar-refractivity contribution in [2.75, 3.05) is 19.5 Å². The van der Waals surface area contributed by atoms with E-state index in [1.54, 1.807) is 12.1 Å². The van der Waals surface area contributed by atoms with Gasteiger partial charge >= 0.3 is 0 Å². The van der Waals surface area contributed by atoms with E-state index in [1.807, 2.05) is 0 Å². The maximum absolute atomic E-state index is 13.0. The zero-order chi connectivity index (χ0) is 20.4. The topological polar surface area (TPSA) is 108 Å². The molecule has 0 atom stereocenters. The van der Waals surface area contributed by atoms with Crippen LogP contribution >= 0.6 is 22.9 Å². The molecule has 1 saturated carbocycles. The summed E-state index contributed by atoms with van der Waals surface area (Å²) in [6, 6.07) is 3.32. The number of amides is 1. The Hall–Kier alpha value is -2.98. The monoisotopic (exact) mass is 433 g/mol. The summed E-state index contributed by atoms with van der Waals surface area (Å²) in [5.41, 5.74) is 1.43. The number of nitrogens with one attached hydrogen (secondary N) is 1. The number of carbonyl (C=O) groups is 1. The minimum absolute atomic E-state index is 0.159. The lowest BCUT2D eigenvalue weighted by molar-refractivity contribution is 0.102. The molecule has 0 bridgehead atoms. The smallest absolute Gasteiger partial charge is 0.295 e. The van der Waals surface area contributed by atoms with Crippen LogP contribution in [0.1, 0.15) is 23.2 Å². The fourth-order valence-electron chi connectivity index (χ4n) is 2.56. The Balaban J connectivity index is 1.74.